The van der Waals surface area contributed by atoms with E-state index in [0.717, 1.165) is 39.1 Å². The van der Waals surface area contributed by atoms with Gasteiger partial charge < -0.3 is 9.73 Å². The molecule has 0 fully saturated rings. The second-order valence-corrected chi connectivity index (χ2v) is 6.47. The lowest BCUT2D eigenvalue weighted by Crippen LogP contribution is -2.24. The van der Waals surface area contributed by atoms with Crippen LogP contribution in [0, 0.1) is 0 Å². The van der Waals surface area contributed by atoms with Gasteiger partial charge in [-0.1, -0.05) is 45.7 Å². The topological polar surface area (TPSA) is 38.1 Å². The molecule has 0 aliphatic heterocycles. The molecule has 0 atom stereocenters. The molecule has 0 saturated heterocycles. The summed E-state index contributed by atoms with van der Waals surface area (Å²) in [6, 6.07) is 6.51. The van der Waals surface area contributed by atoms with Gasteiger partial charge in [-0.15, -0.1) is 0 Å². The number of nitrogens with zero attached hydrogens (tertiary/aromatic N) is 1. The van der Waals surface area contributed by atoms with Crippen LogP contribution >= 0.6 is 31.9 Å². The SMILES string of the molecule is CC(C)NCCc1ncc(-c2cc(Br)cc(Br)c2)o1. The van der Waals surface area contributed by atoms with Crippen LogP contribution in [0.1, 0.15) is 19.7 Å². The maximum absolute atomic E-state index is 5.77. The first-order chi connectivity index (χ1) is 9.04. The summed E-state index contributed by atoms with van der Waals surface area (Å²) < 4.78 is 7.79. The van der Waals surface area contributed by atoms with E-state index in [1.54, 1.807) is 6.20 Å². The molecule has 1 heterocycles. The fraction of sp³-hybridized carbons (Fsp3) is 0.357. The van der Waals surface area contributed by atoms with Crippen molar-refractivity contribution in [2.75, 3.05) is 6.54 Å². The molecule has 3 nitrogen and oxygen atoms in total. The van der Waals surface area contributed by atoms with E-state index in [-0.39, 0.29) is 0 Å². The van der Waals surface area contributed by atoms with Crippen LogP contribution in [0.15, 0.2) is 37.8 Å². The highest BCUT2D eigenvalue weighted by Crippen LogP contribution is 2.28. The molecule has 19 heavy (non-hydrogen) atoms. The van der Waals surface area contributed by atoms with Gasteiger partial charge in [-0.3, -0.25) is 0 Å². The summed E-state index contributed by atoms with van der Waals surface area (Å²) in [6.07, 6.45) is 2.58. The minimum atomic E-state index is 0.482. The van der Waals surface area contributed by atoms with Crippen molar-refractivity contribution in [1.29, 1.82) is 0 Å². The van der Waals surface area contributed by atoms with Crippen LogP contribution < -0.4 is 5.32 Å². The van der Waals surface area contributed by atoms with Gasteiger partial charge in [0.25, 0.3) is 0 Å². The summed E-state index contributed by atoms with van der Waals surface area (Å²) in [6.45, 7) is 5.12. The minimum absolute atomic E-state index is 0.482. The number of aromatic nitrogens is 1. The molecule has 0 bridgehead atoms. The molecule has 1 aromatic heterocycles. The lowest BCUT2D eigenvalue weighted by molar-refractivity contribution is 0.484. The molecule has 0 unspecified atom stereocenters. The minimum Gasteiger partial charge on any atom is -0.441 e. The molecule has 1 aromatic carbocycles. The maximum Gasteiger partial charge on any atom is 0.196 e. The monoisotopic (exact) mass is 386 g/mol. The average Bonchev–Trinajstić information content (AvgIpc) is 2.76. The summed E-state index contributed by atoms with van der Waals surface area (Å²) >= 11 is 6.95. The van der Waals surface area contributed by atoms with E-state index in [2.05, 4.69) is 56.0 Å². The fourth-order valence-electron chi connectivity index (χ4n) is 1.72. The first-order valence-electron chi connectivity index (χ1n) is 6.19. The Balaban J connectivity index is 2.07. The predicted molar refractivity (Wildman–Crippen MR) is 84.2 cm³/mol. The van der Waals surface area contributed by atoms with Crippen LogP contribution in [-0.4, -0.2) is 17.6 Å². The van der Waals surface area contributed by atoms with E-state index in [4.69, 9.17) is 4.42 Å². The second kappa shape index (κ2) is 6.68. The Labute approximate surface area is 130 Å². The molecule has 0 aliphatic rings. The van der Waals surface area contributed by atoms with Gasteiger partial charge >= 0.3 is 0 Å². The quantitative estimate of drug-likeness (QED) is 0.825. The third kappa shape index (κ3) is 4.44. The van der Waals surface area contributed by atoms with Crippen LogP contribution in [0.3, 0.4) is 0 Å². The Kier molecular flexibility index (Phi) is 5.19. The van der Waals surface area contributed by atoms with E-state index >= 15 is 0 Å². The Hall–Kier alpha value is -0.650. The van der Waals surface area contributed by atoms with Crippen LogP contribution in [0.5, 0.6) is 0 Å². The van der Waals surface area contributed by atoms with Crippen LogP contribution in [0.4, 0.5) is 0 Å². The summed E-state index contributed by atoms with van der Waals surface area (Å²) in [5.41, 5.74) is 1.01. The highest BCUT2D eigenvalue weighted by molar-refractivity contribution is 9.11. The molecule has 5 heteroatoms. The Morgan fingerprint density at radius 2 is 1.89 bits per heavy atom. The van der Waals surface area contributed by atoms with Gasteiger partial charge in [0.05, 0.1) is 6.20 Å². The van der Waals surface area contributed by atoms with Gasteiger partial charge in [-0.25, -0.2) is 4.98 Å². The third-order valence-electron chi connectivity index (χ3n) is 2.59. The number of rotatable bonds is 5. The van der Waals surface area contributed by atoms with Crippen LogP contribution in [0.25, 0.3) is 11.3 Å². The van der Waals surface area contributed by atoms with Crippen molar-refractivity contribution in [3.05, 3.63) is 39.2 Å². The standard InChI is InChI=1S/C14H16Br2N2O/c1-9(2)17-4-3-14-18-8-13(19-14)10-5-11(15)7-12(16)6-10/h5-9,17H,3-4H2,1-2H3. The molecule has 1 N–H and O–H groups in total. The first-order valence-corrected chi connectivity index (χ1v) is 7.78. The Morgan fingerprint density at radius 1 is 1.21 bits per heavy atom. The number of nitrogens with one attached hydrogen (secondary N) is 1. The molecular weight excluding hydrogens is 372 g/mol. The Morgan fingerprint density at radius 3 is 2.53 bits per heavy atom. The number of oxazole rings is 1. The smallest absolute Gasteiger partial charge is 0.196 e. The fourth-order valence-corrected chi connectivity index (χ4v) is 3.02. The molecule has 0 aliphatic carbocycles. The zero-order chi connectivity index (χ0) is 13.8. The van der Waals surface area contributed by atoms with Gasteiger partial charge in [0.1, 0.15) is 0 Å². The van der Waals surface area contributed by atoms with E-state index in [1.165, 1.54) is 0 Å². The summed E-state index contributed by atoms with van der Waals surface area (Å²) in [7, 11) is 0. The van der Waals surface area contributed by atoms with Gasteiger partial charge in [0, 0.05) is 33.5 Å². The van der Waals surface area contributed by atoms with Crippen molar-refractivity contribution in [2.24, 2.45) is 0 Å². The maximum atomic E-state index is 5.77. The predicted octanol–water partition coefficient (Wildman–Crippen LogP) is 4.41. The largest absolute Gasteiger partial charge is 0.441 e. The van der Waals surface area contributed by atoms with Gasteiger partial charge in [0.2, 0.25) is 0 Å². The van der Waals surface area contributed by atoms with E-state index in [9.17, 15) is 0 Å². The molecule has 2 aromatic rings. The molecule has 0 amide bonds. The second-order valence-electron chi connectivity index (χ2n) is 4.64. The van der Waals surface area contributed by atoms with E-state index in [0.29, 0.717) is 6.04 Å². The number of benzene rings is 1. The van der Waals surface area contributed by atoms with Gasteiger partial charge in [-0.05, 0) is 18.2 Å². The van der Waals surface area contributed by atoms with Gasteiger partial charge in [-0.2, -0.15) is 0 Å². The third-order valence-corrected chi connectivity index (χ3v) is 3.51. The molecule has 0 radical (unpaired) electrons. The molecule has 102 valence electrons. The average molecular weight is 388 g/mol. The van der Waals surface area contributed by atoms with Crippen molar-refractivity contribution in [1.82, 2.24) is 10.3 Å². The number of hydrogen-bond donors (Lipinski definition) is 1. The number of hydrogen-bond acceptors (Lipinski definition) is 3. The van der Waals surface area contributed by atoms with E-state index in [1.807, 2.05) is 18.2 Å². The molecule has 2 rings (SSSR count). The molecule has 0 saturated carbocycles. The van der Waals surface area contributed by atoms with Gasteiger partial charge in [0.15, 0.2) is 11.7 Å². The van der Waals surface area contributed by atoms with Crippen molar-refractivity contribution in [3.63, 3.8) is 0 Å². The summed E-state index contributed by atoms with van der Waals surface area (Å²) in [4.78, 5) is 4.31. The summed E-state index contributed by atoms with van der Waals surface area (Å²) in [5.74, 6) is 1.56. The van der Waals surface area contributed by atoms with Crippen molar-refractivity contribution < 1.29 is 4.42 Å². The van der Waals surface area contributed by atoms with E-state index < -0.39 is 0 Å². The highest BCUT2D eigenvalue weighted by Gasteiger charge is 2.08. The Bertz CT molecular complexity index is 532. The van der Waals surface area contributed by atoms with Crippen molar-refractivity contribution in [2.45, 2.75) is 26.3 Å². The molecular formula is C14H16Br2N2O. The van der Waals surface area contributed by atoms with Crippen molar-refractivity contribution >= 4 is 31.9 Å². The van der Waals surface area contributed by atoms with Crippen LogP contribution in [-0.2, 0) is 6.42 Å². The molecule has 0 spiro atoms. The zero-order valence-corrected chi connectivity index (χ0v) is 14.1. The van der Waals surface area contributed by atoms with Crippen molar-refractivity contribution in [3.8, 4) is 11.3 Å². The number of halogens is 2. The summed E-state index contributed by atoms with van der Waals surface area (Å²) in [5, 5.41) is 3.35. The highest BCUT2D eigenvalue weighted by atomic mass is 79.9. The lowest BCUT2D eigenvalue weighted by Gasteiger charge is -2.05. The van der Waals surface area contributed by atoms with Crippen LogP contribution in [0.2, 0.25) is 0 Å². The lowest BCUT2D eigenvalue weighted by atomic mass is 10.2. The zero-order valence-electron chi connectivity index (χ0n) is 10.9. The normalized spacial score (nSPS) is 11.2. The first kappa shape index (κ1) is 14.8.